The van der Waals surface area contributed by atoms with Crippen LogP contribution >= 0.6 is 7.60 Å². The van der Waals surface area contributed by atoms with Crippen LogP contribution in [-0.2, 0) is 20.6 Å². The molecule has 4 aromatic rings. The molecular weight excluding hydrogens is 497 g/mol. The Morgan fingerprint density at radius 3 is 2.69 bits per heavy atom. The third kappa shape index (κ3) is 5.92. The molecule has 17 heteroatoms. The lowest BCUT2D eigenvalue weighted by atomic mass is 10.2. The summed E-state index contributed by atoms with van der Waals surface area (Å²) in [5.41, 5.74) is 7.26. The molecule has 0 aliphatic carbocycles. The SMILES string of the molecule is C[C@H](Cn1cnc2c(N)ncnc21)OCP(=O)(O)O.O=c1[nH]cnc2c1ncn2[C@H]1CC[C@@H](CO)O1. The molecule has 0 unspecified atom stereocenters. The standard InChI is InChI=1S/C10H12N4O3.C9H14N5O4P/c15-3-6-1-2-7(17-6)14-5-13-8-9(14)11-4-12-10(8)16;1-6(18-5-19(15,16)17)2-14-4-13-7-8(10)11-3-12-9(7)14/h4-7,15H,1-3H2,(H,11,12,16);3-4,6H,2,5H2,1H3,(H2,10,11,12)(H2,15,16,17)/t6-,7+;6-/m01/s1. The van der Waals surface area contributed by atoms with Gasteiger partial charge in [0.2, 0.25) is 0 Å². The normalized spacial score (nSPS) is 18.9. The fraction of sp³-hybridized carbons (Fsp3) is 0.474. The average Bonchev–Trinajstić information content (AvgIpc) is 3.57. The number of nitrogen functional groups attached to an aromatic ring is 1. The number of imidazole rings is 2. The fourth-order valence-electron chi connectivity index (χ4n) is 3.69. The topological polar surface area (TPSA) is 229 Å². The first-order valence-electron chi connectivity index (χ1n) is 10.9. The highest BCUT2D eigenvalue weighted by atomic mass is 31.2. The molecule has 0 radical (unpaired) electrons. The number of anilines is 1. The number of aromatic nitrogens is 8. The average molecular weight is 523 g/mol. The van der Waals surface area contributed by atoms with Gasteiger partial charge in [0.05, 0.1) is 44.3 Å². The van der Waals surface area contributed by atoms with Crippen molar-refractivity contribution in [1.82, 2.24) is 39.0 Å². The zero-order chi connectivity index (χ0) is 25.9. The quantitative estimate of drug-likeness (QED) is 0.197. The van der Waals surface area contributed by atoms with E-state index in [0.717, 1.165) is 12.8 Å². The highest BCUT2D eigenvalue weighted by molar-refractivity contribution is 7.51. The van der Waals surface area contributed by atoms with E-state index in [-0.39, 0.29) is 30.3 Å². The van der Waals surface area contributed by atoms with E-state index in [0.29, 0.717) is 28.9 Å². The van der Waals surface area contributed by atoms with Crippen molar-refractivity contribution in [3.05, 3.63) is 35.7 Å². The highest BCUT2D eigenvalue weighted by Gasteiger charge is 2.27. The molecule has 0 amide bonds. The second kappa shape index (κ2) is 10.8. The van der Waals surface area contributed by atoms with E-state index < -0.39 is 20.0 Å². The lowest BCUT2D eigenvalue weighted by molar-refractivity contribution is -0.0207. The van der Waals surface area contributed by atoms with Crippen LogP contribution in [0.1, 0.15) is 26.0 Å². The van der Waals surface area contributed by atoms with Crippen LogP contribution in [0.2, 0.25) is 0 Å². The monoisotopic (exact) mass is 523 g/mol. The minimum Gasteiger partial charge on any atom is -0.394 e. The lowest BCUT2D eigenvalue weighted by Gasteiger charge is -2.14. The number of ether oxygens (including phenoxy) is 2. The number of rotatable bonds is 7. The number of H-pyrrole nitrogens is 1. The predicted octanol–water partition coefficient (Wildman–Crippen LogP) is -0.262. The van der Waals surface area contributed by atoms with Crippen LogP contribution in [0.25, 0.3) is 22.3 Å². The van der Waals surface area contributed by atoms with Gasteiger partial charge in [0.15, 0.2) is 22.6 Å². The Balaban J connectivity index is 0.000000170. The molecule has 5 rings (SSSR count). The number of nitrogens with two attached hydrogens (primary N) is 1. The van der Waals surface area contributed by atoms with Gasteiger partial charge in [-0.15, -0.1) is 0 Å². The Kier molecular flexibility index (Phi) is 7.73. The van der Waals surface area contributed by atoms with E-state index in [9.17, 15) is 9.36 Å². The van der Waals surface area contributed by atoms with Crippen LogP contribution in [-0.4, -0.2) is 79.1 Å². The van der Waals surface area contributed by atoms with Gasteiger partial charge in [-0.3, -0.25) is 13.9 Å². The van der Waals surface area contributed by atoms with Crippen molar-refractivity contribution in [2.45, 2.75) is 44.7 Å². The summed E-state index contributed by atoms with van der Waals surface area (Å²) in [6, 6.07) is 0. The van der Waals surface area contributed by atoms with Crippen molar-refractivity contribution in [2.75, 3.05) is 18.7 Å². The Hall–Kier alpha value is -3.27. The molecule has 16 nitrogen and oxygen atoms in total. The summed E-state index contributed by atoms with van der Waals surface area (Å²) in [5, 5.41) is 9.02. The van der Waals surface area contributed by atoms with E-state index in [4.69, 9.17) is 30.1 Å². The summed E-state index contributed by atoms with van der Waals surface area (Å²) in [5.74, 6) is 0.285. The van der Waals surface area contributed by atoms with Crippen LogP contribution in [0, 0.1) is 0 Å². The molecule has 1 aliphatic rings. The number of nitrogens with zero attached hydrogens (tertiary/aromatic N) is 7. The molecule has 3 atom stereocenters. The molecule has 6 N–H and O–H groups in total. The minimum atomic E-state index is -4.16. The fourth-order valence-corrected chi connectivity index (χ4v) is 4.13. The molecule has 1 fully saturated rings. The van der Waals surface area contributed by atoms with Gasteiger partial charge < -0.3 is 39.7 Å². The lowest BCUT2D eigenvalue weighted by Crippen LogP contribution is -2.17. The summed E-state index contributed by atoms with van der Waals surface area (Å²) in [6.45, 7) is 2.07. The molecule has 0 bridgehead atoms. The van der Waals surface area contributed by atoms with Gasteiger partial charge in [-0.1, -0.05) is 0 Å². The number of hydrogen-bond donors (Lipinski definition) is 5. The van der Waals surface area contributed by atoms with E-state index >= 15 is 0 Å². The molecule has 0 saturated carbocycles. The second-order valence-electron chi connectivity index (χ2n) is 8.13. The van der Waals surface area contributed by atoms with Gasteiger partial charge in [-0.05, 0) is 19.8 Å². The Morgan fingerprint density at radius 2 is 1.97 bits per heavy atom. The number of aromatic amines is 1. The van der Waals surface area contributed by atoms with Crippen LogP contribution in [0.3, 0.4) is 0 Å². The summed E-state index contributed by atoms with van der Waals surface area (Å²) >= 11 is 0. The molecule has 194 valence electrons. The summed E-state index contributed by atoms with van der Waals surface area (Å²) in [6.07, 6.45) is 5.99. The predicted molar refractivity (Wildman–Crippen MR) is 126 cm³/mol. The first-order valence-corrected chi connectivity index (χ1v) is 12.7. The van der Waals surface area contributed by atoms with E-state index in [1.165, 1.54) is 19.0 Å². The van der Waals surface area contributed by atoms with E-state index in [1.807, 2.05) is 0 Å². The highest BCUT2D eigenvalue weighted by Crippen LogP contribution is 2.34. The first kappa shape index (κ1) is 25.8. The second-order valence-corrected chi connectivity index (χ2v) is 9.72. The number of fused-ring (bicyclic) bond motifs is 2. The van der Waals surface area contributed by atoms with Crippen LogP contribution in [0.5, 0.6) is 0 Å². The van der Waals surface area contributed by atoms with Gasteiger partial charge in [-0.25, -0.2) is 24.9 Å². The number of aliphatic hydroxyl groups is 1. The van der Waals surface area contributed by atoms with Crippen molar-refractivity contribution in [3.63, 3.8) is 0 Å². The van der Waals surface area contributed by atoms with Crippen LogP contribution in [0.4, 0.5) is 5.82 Å². The number of hydrogen-bond acceptors (Lipinski definition) is 11. The van der Waals surface area contributed by atoms with E-state index in [1.54, 1.807) is 22.4 Å². The largest absolute Gasteiger partial charge is 0.394 e. The maximum absolute atomic E-state index is 11.5. The molecule has 4 aromatic heterocycles. The van der Waals surface area contributed by atoms with Crippen molar-refractivity contribution in [1.29, 1.82) is 0 Å². The Morgan fingerprint density at radius 1 is 1.19 bits per heavy atom. The minimum absolute atomic E-state index is 0.0111. The van der Waals surface area contributed by atoms with Crippen molar-refractivity contribution < 1.29 is 28.9 Å². The Bertz CT molecular complexity index is 1430. The molecule has 1 aliphatic heterocycles. The van der Waals surface area contributed by atoms with Gasteiger partial charge in [0.25, 0.3) is 5.56 Å². The van der Waals surface area contributed by atoms with Crippen molar-refractivity contribution in [3.8, 4) is 0 Å². The summed E-state index contributed by atoms with van der Waals surface area (Å²) < 4.78 is 24.8. The maximum atomic E-state index is 11.5. The maximum Gasteiger partial charge on any atom is 0.350 e. The van der Waals surface area contributed by atoms with Gasteiger partial charge in [0, 0.05) is 0 Å². The smallest absolute Gasteiger partial charge is 0.350 e. The zero-order valence-electron chi connectivity index (χ0n) is 19.2. The van der Waals surface area contributed by atoms with E-state index in [2.05, 4.69) is 29.9 Å². The molecular formula is C19H26N9O7P. The number of aliphatic hydroxyl groups excluding tert-OH is 1. The third-order valence-corrected chi connectivity index (χ3v) is 5.86. The van der Waals surface area contributed by atoms with Gasteiger partial charge in [-0.2, -0.15) is 0 Å². The summed E-state index contributed by atoms with van der Waals surface area (Å²) in [4.78, 5) is 51.5. The summed E-state index contributed by atoms with van der Waals surface area (Å²) in [7, 11) is -4.16. The molecule has 0 aromatic carbocycles. The van der Waals surface area contributed by atoms with Crippen LogP contribution < -0.4 is 11.3 Å². The van der Waals surface area contributed by atoms with Crippen molar-refractivity contribution >= 4 is 35.7 Å². The third-order valence-electron chi connectivity index (χ3n) is 5.37. The zero-order valence-corrected chi connectivity index (χ0v) is 20.1. The molecule has 5 heterocycles. The first-order chi connectivity index (χ1) is 17.2. The molecule has 36 heavy (non-hydrogen) atoms. The van der Waals surface area contributed by atoms with Gasteiger partial charge in [0.1, 0.15) is 24.4 Å². The molecule has 0 spiro atoms. The Labute approximate surface area is 203 Å². The van der Waals surface area contributed by atoms with Crippen LogP contribution in [0.15, 0.2) is 30.1 Å². The number of nitrogens with one attached hydrogen (secondary N) is 1. The van der Waals surface area contributed by atoms with Crippen molar-refractivity contribution in [2.24, 2.45) is 0 Å². The van der Waals surface area contributed by atoms with Gasteiger partial charge >= 0.3 is 7.60 Å². The molecule has 1 saturated heterocycles.